The lowest BCUT2D eigenvalue weighted by atomic mass is 10.2. The van der Waals surface area contributed by atoms with Gasteiger partial charge in [-0.3, -0.25) is 4.79 Å². The van der Waals surface area contributed by atoms with E-state index >= 15 is 0 Å². The summed E-state index contributed by atoms with van der Waals surface area (Å²) in [5.41, 5.74) is 1.59. The standard InChI is InChI=1S/C17H22N4O2/c1-12(2)16-18-13(3)10-15(19-16)20-5-7-21(8-6-20)17(22)14-4-9-23-11-14/h4,9-12H,5-8H2,1-3H3. The molecule has 1 amide bonds. The zero-order valence-corrected chi connectivity index (χ0v) is 13.8. The summed E-state index contributed by atoms with van der Waals surface area (Å²) in [6.07, 6.45) is 3.03. The van der Waals surface area contributed by atoms with E-state index in [9.17, 15) is 4.79 Å². The number of rotatable bonds is 3. The molecule has 1 saturated heterocycles. The van der Waals surface area contributed by atoms with Crippen LogP contribution in [-0.4, -0.2) is 47.0 Å². The van der Waals surface area contributed by atoms with Crippen molar-refractivity contribution in [2.45, 2.75) is 26.7 Å². The van der Waals surface area contributed by atoms with Crippen LogP contribution in [0.1, 0.15) is 41.6 Å². The first-order valence-corrected chi connectivity index (χ1v) is 7.96. The molecular weight excluding hydrogens is 292 g/mol. The number of furan rings is 1. The van der Waals surface area contributed by atoms with Crippen LogP contribution in [0, 0.1) is 6.92 Å². The van der Waals surface area contributed by atoms with Gasteiger partial charge in [0.15, 0.2) is 0 Å². The number of hydrogen-bond acceptors (Lipinski definition) is 5. The summed E-state index contributed by atoms with van der Waals surface area (Å²) in [5.74, 6) is 2.16. The van der Waals surface area contributed by atoms with Crippen LogP contribution in [0.2, 0.25) is 0 Å². The number of piperazine rings is 1. The molecule has 23 heavy (non-hydrogen) atoms. The normalized spacial score (nSPS) is 15.3. The maximum absolute atomic E-state index is 12.3. The van der Waals surface area contributed by atoms with Crippen molar-refractivity contribution >= 4 is 11.7 Å². The number of amides is 1. The second kappa shape index (κ2) is 6.40. The number of carbonyl (C=O) groups excluding carboxylic acids is 1. The van der Waals surface area contributed by atoms with Gasteiger partial charge in [-0.25, -0.2) is 9.97 Å². The van der Waals surface area contributed by atoms with Gasteiger partial charge in [0.05, 0.1) is 11.8 Å². The molecule has 6 heteroatoms. The fraction of sp³-hybridized carbons (Fsp3) is 0.471. The number of nitrogens with zero attached hydrogens (tertiary/aromatic N) is 4. The monoisotopic (exact) mass is 314 g/mol. The van der Waals surface area contributed by atoms with Gasteiger partial charge in [-0.1, -0.05) is 13.8 Å². The van der Waals surface area contributed by atoms with Crippen molar-refractivity contribution in [2.75, 3.05) is 31.1 Å². The van der Waals surface area contributed by atoms with E-state index < -0.39 is 0 Å². The summed E-state index contributed by atoms with van der Waals surface area (Å²) in [5, 5.41) is 0. The van der Waals surface area contributed by atoms with Crippen molar-refractivity contribution in [3.63, 3.8) is 0 Å². The van der Waals surface area contributed by atoms with Crippen molar-refractivity contribution in [2.24, 2.45) is 0 Å². The quantitative estimate of drug-likeness (QED) is 0.871. The van der Waals surface area contributed by atoms with Crippen molar-refractivity contribution in [1.82, 2.24) is 14.9 Å². The Morgan fingerprint density at radius 2 is 1.96 bits per heavy atom. The lowest BCUT2D eigenvalue weighted by molar-refractivity contribution is 0.0745. The highest BCUT2D eigenvalue weighted by Crippen LogP contribution is 2.19. The minimum absolute atomic E-state index is 0.0279. The number of aryl methyl sites for hydroxylation is 1. The van der Waals surface area contributed by atoms with Crippen LogP contribution in [-0.2, 0) is 0 Å². The van der Waals surface area contributed by atoms with Gasteiger partial charge in [0, 0.05) is 43.9 Å². The lowest BCUT2D eigenvalue weighted by Crippen LogP contribution is -2.49. The Kier molecular flexibility index (Phi) is 4.32. The summed E-state index contributed by atoms with van der Waals surface area (Å²) in [6, 6.07) is 3.72. The predicted molar refractivity (Wildman–Crippen MR) is 87.7 cm³/mol. The Morgan fingerprint density at radius 1 is 1.22 bits per heavy atom. The maximum Gasteiger partial charge on any atom is 0.257 e. The molecule has 2 aromatic rings. The van der Waals surface area contributed by atoms with Crippen molar-refractivity contribution < 1.29 is 9.21 Å². The van der Waals surface area contributed by atoms with E-state index in [1.165, 1.54) is 12.5 Å². The third-order valence-electron chi connectivity index (χ3n) is 4.03. The number of aromatic nitrogens is 2. The molecule has 3 rings (SSSR count). The van der Waals surface area contributed by atoms with Crippen molar-refractivity contribution in [3.8, 4) is 0 Å². The van der Waals surface area contributed by atoms with Gasteiger partial charge < -0.3 is 14.2 Å². The number of carbonyl (C=O) groups is 1. The Balaban J connectivity index is 1.68. The molecule has 0 saturated carbocycles. The van der Waals surface area contributed by atoms with Crippen LogP contribution in [0.3, 0.4) is 0 Å². The topological polar surface area (TPSA) is 62.5 Å². The Morgan fingerprint density at radius 3 is 2.57 bits per heavy atom. The second-order valence-corrected chi connectivity index (χ2v) is 6.17. The largest absolute Gasteiger partial charge is 0.472 e. The fourth-order valence-corrected chi connectivity index (χ4v) is 2.70. The Bertz CT molecular complexity index is 674. The molecule has 3 heterocycles. The van der Waals surface area contributed by atoms with E-state index in [-0.39, 0.29) is 5.91 Å². The first kappa shape index (κ1) is 15.5. The molecular formula is C17H22N4O2. The summed E-state index contributed by atoms with van der Waals surface area (Å²) >= 11 is 0. The molecule has 0 aromatic carbocycles. The molecule has 1 fully saturated rings. The van der Waals surface area contributed by atoms with Crippen LogP contribution in [0.25, 0.3) is 0 Å². The molecule has 1 aliphatic rings. The Hall–Kier alpha value is -2.37. The molecule has 2 aromatic heterocycles. The van der Waals surface area contributed by atoms with E-state index in [1.54, 1.807) is 6.07 Å². The minimum atomic E-state index is 0.0279. The molecule has 0 spiro atoms. The first-order valence-electron chi connectivity index (χ1n) is 7.96. The van der Waals surface area contributed by atoms with Gasteiger partial charge in [-0.15, -0.1) is 0 Å². The van der Waals surface area contributed by atoms with Crippen LogP contribution >= 0.6 is 0 Å². The number of anilines is 1. The molecule has 0 aliphatic carbocycles. The summed E-state index contributed by atoms with van der Waals surface area (Å²) in [6.45, 7) is 9.11. The molecule has 6 nitrogen and oxygen atoms in total. The predicted octanol–water partition coefficient (Wildman–Crippen LogP) is 2.46. The van der Waals surface area contributed by atoms with E-state index in [4.69, 9.17) is 4.42 Å². The summed E-state index contributed by atoms with van der Waals surface area (Å²) in [4.78, 5) is 25.6. The van der Waals surface area contributed by atoms with Crippen molar-refractivity contribution in [3.05, 3.63) is 41.7 Å². The highest BCUT2D eigenvalue weighted by molar-refractivity contribution is 5.94. The zero-order chi connectivity index (χ0) is 16.4. The lowest BCUT2D eigenvalue weighted by Gasteiger charge is -2.35. The third kappa shape index (κ3) is 3.36. The smallest absolute Gasteiger partial charge is 0.257 e. The van der Waals surface area contributed by atoms with E-state index in [0.29, 0.717) is 24.6 Å². The molecule has 0 atom stereocenters. The summed E-state index contributed by atoms with van der Waals surface area (Å²) < 4.78 is 4.99. The summed E-state index contributed by atoms with van der Waals surface area (Å²) in [7, 11) is 0. The average Bonchev–Trinajstić information content (AvgIpc) is 3.08. The van der Waals surface area contributed by atoms with E-state index in [0.717, 1.165) is 30.4 Å². The van der Waals surface area contributed by atoms with Crippen LogP contribution in [0.15, 0.2) is 29.1 Å². The SMILES string of the molecule is Cc1cc(N2CCN(C(=O)c3ccoc3)CC2)nc(C(C)C)n1. The second-order valence-electron chi connectivity index (χ2n) is 6.17. The molecule has 0 radical (unpaired) electrons. The van der Waals surface area contributed by atoms with E-state index in [2.05, 4.69) is 28.7 Å². The molecule has 1 aliphatic heterocycles. The maximum atomic E-state index is 12.3. The van der Waals surface area contributed by atoms with Gasteiger partial charge in [-0.05, 0) is 13.0 Å². The van der Waals surface area contributed by atoms with Gasteiger partial charge in [0.1, 0.15) is 17.9 Å². The average molecular weight is 314 g/mol. The highest BCUT2D eigenvalue weighted by atomic mass is 16.3. The fourth-order valence-electron chi connectivity index (χ4n) is 2.70. The van der Waals surface area contributed by atoms with E-state index in [1.807, 2.05) is 17.9 Å². The Labute approximate surface area is 136 Å². The van der Waals surface area contributed by atoms with Crippen LogP contribution in [0.5, 0.6) is 0 Å². The van der Waals surface area contributed by atoms with Crippen molar-refractivity contribution in [1.29, 1.82) is 0 Å². The van der Waals surface area contributed by atoms with Gasteiger partial charge in [0.25, 0.3) is 5.91 Å². The highest BCUT2D eigenvalue weighted by Gasteiger charge is 2.24. The number of hydrogen-bond donors (Lipinski definition) is 0. The van der Waals surface area contributed by atoms with Crippen LogP contribution in [0.4, 0.5) is 5.82 Å². The van der Waals surface area contributed by atoms with Gasteiger partial charge in [0.2, 0.25) is 0 Å². The zero-order valence-electron chi connectivity index (χ0n) is 13.8. The van der Waals surface area contributed by atoms with Crippen LogP contribution < -0.4 is 4.90 Å². The molecule has 0 bridgehead atoms. The van der Waals surface area contributed by atoms with Gasteiger partial charge >= 0.3 is 0 Å². The molecule has 122 valence electrons. The first-order chi connectivity index (χ1) is 11.0. The minimum Gasteiger partial charge on any atom is -0.472 e. The van der Waals surface area contributed by atoms with Gasteiger partial charge in [-0.2, -0.15) is 0 Å². The third-order valence-corrected chi connectivity index (χ3v) is 4.03. The molecule has 0 N–H and O–H groups in total. The molecule has 0 unspecified atom stereocenters.